The molecule has 186 valence electrons. The lowest BCUT2D eigenvalue weighted by atomic mass is 9.73. The van der Waals surface area contributed by atoms with Crippen LogP contribution < -0.4 is 22.9 Å². The van der Waals surface area contributed by atoms with Gasteiger partial charge in [0.15, 0.2) is 5.96 Å². The highest BCUT2D eigenvalue weighted by Gasteiger charge is 2.46. The number of thioether (sulfide) groups is 2. The van der Waals surface area contributed by atoms with Gasteiger partial charge in [-0.25, -0.2) is 9.98 Å². The highest BCUT2D eigenvalue weighted by Crippen LogP contribution is 2.53. The Morgan fingerprint density at radius 1 is 1.32 bits per heavy atom. The number of pyridine rings is 1. The topological polar surface area (TPSA) is 133 Å². The van der Waals surface area contributed by atoms with Crippen LogP contribution in [-0.2, 0) is 0 Å². The Balaban J connectivity index is 1.61. The second-order valence-corrected chi connectivity index (χ2v) is 11.9. The minimum Gasteiger partial charge on any atom is -0.392 e. The van der Waals surface area contributed by atoms with Crippen LogP contribution in [0.4, 0.5) is 5.82 Å². The number of nitrogens with zero attached hydrogens (tertiary/aromatic N) is 3. The molecule has 0 amide bonds. The first-order chi connectivity index (χ1) is 16.1. The first kappa shape index (κ1) is 27.1. The van der Waals surface area contributed by atoms with E-state index < -0.39 is 0 Å². The van der Waals surface area contributed by atoms with E-state index in [0.717, 1.165) is 43.1 Å². The molecule has 7 nitrogen and oxygen atoms in total. The van der Waals surface area contributed by atoms with E-state index in [4.69, 9.17) is 46.1 Å². The van der Waals surface area contributed by atoms with Crippen LogP contribution in [0.5, 0.6) is 0 Å². The first-order valence-corrected chi connectivity index (χ1v) is 13.6. The van der Waals surface area contributed by atoms with Gasteiger partial charge in [0, 0.05) is 35.1 Å². The Bertz CT molecular complexity index is 1040. The molecule has 0 radical (unpaired) electrons. The van der Waals surface area contributed by atoms with Crippen molar-refractivity contribution in [2.24, 2.45) is 27.6 Å². The van der Waals surface area contributed by atoms with Crippen LogP contribution in [0.3, 0.4) is 0 Å². The van der Waals surface area contributed by atoms with Crippen LogP contribution in [0.2, 0.25) is 5.02 Å². The van der Waals surface area contributed by atoms with Crippen LogP contribution in [0.25, 0.3) is 0 Å². The van der Waals surface area contributed by atoms with Gasteiger partial charge >= 0.3 is 0 Å². The Hall–Kier alpha value is -1.52. The van der Waals surface area contributed by atoms with Crippen molar-refractivity contribution >= 4 is 58.5 Å². The molecule has 1 atom stereocenters. The van der Waals surface area contributed by atoms with E-state index >= 15 is 0 Å². The second kappa shape index (κ2) is 11.5. The van der Waals surface area contributed by atoms with Crippen molar-refractivity contribution in [1.29, 1.82) is 0 Å². The fourth-order valence-corrected chi connectivity index (χ4v) is 6.72. The van der Waals surface area contributed by atoms with Gasteiger partial charge in [-0.2, -0.15) is 0 Å². The monoisotopic (exact) mass is 541 g/mol. The summed E-state index contributed by atoms with van der Waals surface area (Å²) in [5.74, 6) is 0.703. The molecule has 0 aromatic carbocycles. The van der Waals surface area contributed by atoms with Crippen molar-refractivity contribution in [1.82, 2.24) is 9.88 Å². The smallest absolute Gasteiger partial charge is 0.195 e. The van der Waals surface area contributed by atoms with Crippen LogP contribution in [0.1, 0.15) is 46.5 Å². The van der Waals surface area contributed by atoms with Crippen molar-refractivity contribution in [3.05, 3.63) is 48.9 Å². The number of nitrogens with two attached hydrogens (primary N) is 4. The molecular formula is C23H33Cl2N7S2. The lowest BCUT2D eigenvalue weighted by Gasteiger charge is -2.43. The average molecular weight is 543 g/mol. The van der Waals surface area contributed by atoms with Crippen molar-refractivity contribution in [3.8, 4) is 0 Å². The largest absolute Gasteiger partial charge is 0.392 e. The Morgan fingerprint density at radius 3 is 2.65 bits per heavy atom. The third-order valence-electron chi connectivity index (χ3n) is 6.56. The normalized spacial score (nSPS) is 21.9. The van der Waals surface area contributed by atoms with E-state index in [9.17, 15) is 0 Å². The van der Waals surface area contributed by atoms with E-state index in [-0.39, 0.29) is 17.3 Å². The molecule has 0 saturated carbocycles. The number of aromatic nitrogens is 1. The molecule has 1 unspecified atom stereocenters. The predicted octanol–water partition coefficient (Wildman–Crippen LogP) is 5.18. The van der Waals surface area contributed by atoms with E-state index in [2.05, 4.69) is 35.6 Å². The van der Waals surface area contributed by atoms with Crippen molar-refractivity contribution in [2.45, 2.75) is 57.4 Å². The number of hydrogen-bond acceptors (Lipinski definition) is 7. The molecule has 1 aliphatic carbocycles. The zero-order valence-corrected chi connectivity index (χ0v) is 22.9. The zero-order valence-electron chi connectivity index (χ0n) is 19.8. The molecule has 1 spiro atoms. The van der Waals surface area contributed by atoms with Crippen LogP contribution in [0.15, 0.2) is 53.8 Å². The average Bonchev–Trinajstić information content (AvgIpc) is 3.04. The van der Waals surface area contributed by atoms with Gasteiger partial charge in [-0.05, 0) is 56.6 Å². The Kier molecular flexibility index (Phi) is 9.14. The lowest BCUT2D eigenvalue weighted by Crippen LogP contribution is -2.51. The standard InChI is InChI=1S/C23H33Cl2N7S2/c1-4-13(2)20(25)34-18-14(3)11-23(19(18)27)6-9-32(10-7-23)22(29)31-12-16(26)33-15-5-8-30-21(28)17(15)24/h5,8,12,19H,4,6-7,9-11,26-27H2,1-3H3,(H2,28,30)(H2,29,31)/b16-12+,20-13?. The Morgan fingerprint density at radius 2 is 2.00 bits per heavy atom. The minimum absolute atomic E-state index is 0.0132. The molecule has 11 heteroatoms. The van der Waals surface area contributed by atoms with Gasteiger partial charge in [-0.3, -0.25) is 0 Å². The third-order valence-corrected chi connectivity index (χ3v) is 9.88. The number of halogens is 2. The summed E-state index contributed by atoms with van der Waals surface area (Å²) in [5.41, 5.74) is 27.5. The van der Waals surface area contributed by atoms with Gasteiger partial charge in [0.2, 0.25) is 0 Å². The lowest BCUT2D eigenvalue weighted by molar-refractivity contribution is 0.140. The van der Waals surface area contributed by atoms with Gasteiger partial charge < -0.3 is 27.8 Å². The summed E-state index contributed by atoms with van der Waals surface area (Å²) in [6.07, 6.45) is 6.95. The summed E-state index contributed by atoms with van der Waals surface area (Å²) < 4.78 is 0.844. The van der Waals surface area contributed by atoms with Gasteiger partial charge in [0.05, 0.1) is 20.6 Å². The molecule has 2 heterocycles. The fourth-order valence-electron chi connectivity index (χ4n) is 4.30. The predicted molar refractivity (Wildman–Crippen MR) is 148 cm³/mol. The second-order valence-electron chi connectivity index (χ2n) is 8.79. The summed E-state index contributed by atoms with van der Waals surface area (Å²) in [6.45, 7) is 7.95. The van der Waals surface area contributed by atoms with E-state index in [1.165, 1.54) is 27.8 Å². The number of nitrogen functional groups attached to an aromatic ring is 1. The highest BCUT2D eigenvalue weighted by molar-refractivity contribution is 8.08. The minimum atomic E-state index is -0.0132. The summed E-state index contributed by atoms with van der Waals surface area (Å²) in [7, 11) is 0. The van der Waals surface area contributed by atoms with Crippen LogP contribution >= 0.6 is 46.7 Å². The molecule has 8 N–H and O–H groups in total. The maximum Gasteiger partial charge on any atom is 0.195 e. The van der Waals surface area contributed by atoms with Crippen molar-refractivity contribution < 1.29 is 0 Å². The summed E-state index contributed by atoms with van der Waals surface area (Å²) in [5, 5.41) is 0.827. The van der Waals surface area contributed by atoms with Gasteiger partial charge in [0.25, 0.3) is 0 Å². The molecule has 34 heavy (non-hydrogen) atoms. The molecule has 1 saturated heterocycles. The highest BCUT2D eigenvalue weighted by atomic mass is 35.5. The van der Waals surface area contributed by atoms with Crippen molar-refractivity contribution in [2.75, 3.05) is 18.8 Å². The van der Waals surface area contributed by atoms with E-state index in [0.29, 0.717) is 20.9 Å². The number of likely N-dealkylation sites (tertiary alicyclic amines) is 1. The Labute approximate surface area is 220 Å². The molecule has 1 aromatic rings. The quantitative estimate of drug-likeness (QED) is 0.220. The fraction of sp³-hybridized carbons (Fsp3) is 0.478. The molecule has 1 fully saturated rings. The summed E-state index contributed by atoms with van der Waals surface area (Å²) in [6, 6.07) is 1.74. The van der Waals surface area contributed by atoms with E-state index in [1.807, 2.05) is 0 Å². The number of hydrogen-bond donors (Lipinski definition) is 4. The maximum absolute atomic E-state index is 6.79. The van der Waals surface area contributed by atoms with Gasteiger partial charge in [-0.1, -0.05) is 59.2 Å². The summed E-state index contributed by atoms with van der Waals surface area (Å²) >= 11 is 15.6. The van der Waals surface area contributed by atoms with Crippen LogP contribution in [-0.4, -0.2) is 35.0 Å². The number of aliphatic imine (C=N–C) groups is 1. The van der Waals surface area contributed by atoms with Gasteiger partial charge in [0.1, 0.15) is 5.82 Å². The maximum atomic E-state index is 6.79. The molecule has 1 aromatic heterocycles. The number of allylic oxidation sites excluding steroid dienone is 2. The number of rotatable bonds is 6. The zero-order chi connectivity index (χ0) is 25.0. The number of guanidine groups is 1. The number of anilines is 1. The molecule has 3 rings (SSSR count). The third kappa shape index (κ3) is 5.99. The van der Waals surface area contributed by atoms with Crippen molar-refractivity contribution in [3.63, 3.8) is 0 Å². The van der Waals surface area contributed by atoms with Gasteiger partial charge in [-0.15, -0.1) is 0 Å². The number of piperidine rings is 1. The molecular weight excluding hydrogens is 509 g/mol. The molecule has 1 aliphatic heterocycles. The SMILES string of the molecule is CCC(C)=C(Cl)SC1=C(C)CC2(CCN(C(N)=N/C=C(\N)Sc3ccnc(N)c3Cl)CC2)C1N. The summed E-state index contributed by atoms with van der Waals surface area (Å²) in [4.78, 5) is 12.3. The first-order valence-electron chi connectivity index (χ1n) is 11.2. The van der Waals surface area contributed by atoms with Crippen LogP contribution in [0, 0.1) is 5.41 Å². The molecule has 0 bridgehead atoms. The van der Waals surface area contributed by atoms with E-state index in [1.54, 1.807) is 30.2 Å². The molecule has 2 aliphatic rings.